The van der Waals surface area contributed by atoms with Crippen molar-refractivity contribution < 1.29 is 42.2 Å². The average Bonchev–Trinajstić information content (AvgIpc) is 3.75. The number of likely N-dealkylation sites (tertiary alicyclic amines) is 1. The van der Waals surface area contributed by atoms with Crippen LogP contribution >= 0.6 is 11.6 Å². The number of ether oxygens (including phenoxy) is 2. The van der Waals surface area contributed by atoms with Gasteiger partial charge in [0.25, 0.3) is 11.8 Å². The van der Waals surface area contributed by atoms with Crippen molar-refractivity contribution in [3.8, 4) is 22.4 Å². The summed E-state index contributed by atoms with van der Waals surface area (Å²) in [5.74, 6) is -4.13. The first-order chi connectivity index (χ1) is 27.4. The van der Waals surface area contributed by atoms with Gasteiger partial charge in [-0.3, -0.25) is 23.9 Å². The number of nitrogens with one attached hydrogen (secondary N) is 1. The molecule has 15 nitrogen and oxygen atoms in total. The number of aryl methyl sites for hydroxylation is 1. The van der Waals surface area contributed by atoms with Crippen molar-refractivity contribution in [2.24, 2.45) is 13.0 Å². The number of imidazole rings is 1. The molecule has 0 bridgehead atoms. The Morgan fingerprint density at radius 1 is 0.897 bits per heavy atom. The zero-order chi connectivity index (χ0) is 42.1. The van der Waals surface area contributed by atoms with Crippen molar-refractivity contribution in [2.75, 3.05) is 51.7 Å². The summed E-state index contributed by atoms with van der Waals surface area (Å²) in [7, 11) is 2.72. The number of anilines is 1. The summed E-state index contributed by atoms with van der Waals surface area (Å²) in [6.07, 6.45) is 3.39. The van der Waals surface area contributed by atoms with Gasteiger partial charge in [-0.25, -0.2) is 18.6 Å². The Hall–Kier alpha value is -5.84. The van der Waals surface area contributed by atoms with E-state index < -0.39 is 29.1 Å². The minimum absolute atomic E-state index is 0.0121. The number of nitrogens with zero attached hydrogens (tertiary/aromatic N) is 7. The number of carbonyl (C=O) groups is 5. The van der Waals surface area contributed by atoms with Crippen LogP contribution in [0.1, 0.15) is 60.3 Å². The van der Waals surface area contributed by atoms with Crippen LogP contribution in [0, 0.1) is 24.5 Å². The van der Waals surface area contributed by atoms with Crippen LogP contribution in [0.3, 0.4) is 0 Å². The molecule has 2 aliphatic heterocycles. The van der Waals surface area contributed by atoms with E-state index in [9.17, 15) is 24.0 Å². The molecule has 0 radical (unpaired) electrons. The van der Waals surface area contributed by atoms with Gasteiger partial charge in [0, 0.05) is 80.8 Å². The Bertz CT molecular complexity index is 2250. The third-order valence-electron chi connectivity index (χ3n) is 10.1. The van der Waals surface area contributed by atoms with Crippen LogP contribution in [0.25, 0.3) is 22.4 Å². The van der Waals surface area contributed by atoms with E-state index in [1.54, 1.807) is 21.6 Å². The normalized spacial score (nSPS) is 15.0. The van der Waals surface area contributed by atoms with Gasteiger partial charge >= 0.3 is 12.1 Å². The average molecular weight is 823 g/mol. The van der Waals surface area contributed by atoms with Crippen molar-refractivity contribution in [3.63, 3.8) is 0 Å². The summed E-state index contributed by atoms with van der Waals surface area (Å²) in [5, 5.41) is 6.98. The van der Waals surface area contributed by atoms with Gasteiger partial charge in [0.05, 0.1) is 35.3 Å². The monoisotopic (exact) mass is 822 g/mol. The minimum atomic E-state index is -1.16. The molecule has 2 aromatic carbocycles. The lowest BCUT2D eigenvalue weighted by atomic mass is 9.95. The molecule has 6 rings (SSSR count). The van der Waals surface area contributed by atoms with Gasteiger partial charge in [0.15, 0.2) is 17.5 Å². The zero-order valence-corrected chi connectivity index (χ0v) is 33.9. The highest BCUT2D eigenvalue weighted by molar-refractivity contribution is 6.34. The summed E-state index contributed by atoms with van der Waals surface area (Å²) in [6.45, 7) is 9.07. The highest BCUT2D eigenvalue weighted by atomic mass is 35.5. The summed E-state index contributed by atoms with van der Waals surface area (Å²) in [4.78, 5) is 73.3. The molecule has 0 unspecified atom stereocenters. The van der Waals surface area contributed by atoms with Gasteiger partial charge in [-0.2, -0.15) is 5.10 Å². The van der Waals surface area contributed by atoms with Crippen molar-refractivity contribution in [2.45, 2.75) is 52.7 Å². The summed E-state index contributed by atoms with van der Waals surface area (Å²) >= 11 is 6.54. The van der Waals surface area contributed by atoms with Gasteiger partial charge in [0.2, 0.25) is 5.91 Å². The highest BCUT2D eigenvalue weighted by Crippen LogP contribution is 2.33. The number of hydrogen-bond acceptors (Lipinski definition) is 9. The fourth-order valence-electron chi connectivity index (χ4n) is 7.03. The van der Waals surface area contributed by atoms with Crippen molar-refractivity contribution in [1.82, 2.24) is 34.0 Å². The highest BCUT2D eigenvalue weighted by Gasteiger charge is 2.34. The van der Waals surface area contributed by atoms with Gasteiger partial charge in [0.1, 0.15) is 12.1 Å². The van der Waals surface area contributed by atoms with E-state index >= 15 is 8.78 Å². The molecule has 0 aliphatic carbocycles. The summed E-state index contributed by atoms with van der Waals surface area (Å²) in [5.41, 5.74) is 0.520. The minimum Gasteiger partial charge on any atom is -0.468 e. The molecule has 2 fully saturated rings. The third-order valence-corrected chi connectivity index (χ3v) is 10.4. The van der Waals surface area contributed by atoms with Crippen LogP contribution in [-0.2, 0) is 32.7 Å². The van der Waals surface area contributed by atoms with E-state index in [-0.39, 0.29) is 69.3 Å². The first kappa shape index (κ1) is 41.8. The number of amides is 4. The number of carbonyl (C=O) groups excluding carboxylic acids is 5. The Kier molecular flexibility index (Phi) is 12.2. The van der Waals surface area contributed by atoms with E-state index in [2.05, 4.69) is 20.1 Å². The number of benzene rings is 2. The lowest BCUT2D eigenvalue weighted by molar-refractivity contribution is -0.141. The smallest absolute Gasteiger partial charge is 0.410 e. The molecule has 58 heavy (non-hydrogen) atoms. The van der Waals surface area contributed by atoms with Crippen LogP contribution in [0.5, 0.6) is 0 Å². The Morgan fingerprint density at radius 3 is 2.17 bits per heavy atom. The fraction of sp³-hybridized carbons (Fsp3) is 0.425. The maximum absolute atomic E-state index is 15.6. The maximum Gasteiger partial charge on any atom is 0.410 e. The van der Waals surface area contributed by atoms with Crippen molar-refractivity contribution >= 4 is 47.1 Å². The molecular formula is C40H45ClF2N8O7. The first-order valence-corrected chi connectivity index (χ1v) is 19.1. The number of hydrogen-bond donors (Lipinski definition) is 1. The van der Waals surface area contributed by atoms with Crippen LogP contribution in [-0.4, -0.2) is 116 Å². The molecule has 2 aliphatic rings. The molecule has 4 amide bonds. The maximum atomic E-state index is 15.6. The second-order valence-electron chi connectivity index (χ2n) is 15.2. The van der Waals surface area contributed by atoms with Crippen LogP contribution in [0.15, 0.2) is 42.7 Å². The zero-order valence-electron chi connectivity index (χ0n) is 33.1. The molecule has 0 atom stereocenters. The predicted octanol–water partition coefficient (Wildman–Crippen LogP) is 5.55. The lowest BCUT2D eigenvalue weighted by Crippen LogP contribution is -2.53. The number of halogens is 3. The summed E-state index contributed by atoms with van der Waals surface area (Å²) in [6, 6.07) is 7.21. The van der Waals surface area contributed by atoms with Crippen LogP contribution in [0.4, 0.5) is 19.3 Å². The van der Waals surface area contributed by atoms with Gasteiger partial charge < -0.3 is 34.1 Å². The molecule has 0 spiro atoms. The second kappa shape index (κ2) is 16.9. The van der Waals surface area contributed by atoms with Crippen molar-refractivity contribution in [1.29, 1.82) is 0 Å². The number of piperazine rings is 1. The fourth-order valence-corrected chi connectivity index (χ4v) is 7.29. The molecule has 4 heterocycles. The predicted molar refractivity (Wildman–Crippen MR) is 209 cm³/mol. The van der Waals surface area contributed by atoms with E-state index in [0.29, 0.717) is 63.4 Å². The molecule has 1 N–H and O–H groups in total. The van der Waals surface area contributed by atoms with Gasteiger partial charge in [-0.1, -0.05) is 17.7 Å². The third kappa shape index (κ3) is 8.98. The molecule has 0 saturated carbocycles. The number of esters is 1. The van der Waals surface area contributed by atoms with E-state index in [4.69, 9.17) is 16.3 Å². The Labute approximate surface area is 338 Å². The van der Waals surface area contributed by atoms with Gasteiger partial charge in [-0.05, 0) is 64.8 Å². The van der Waals surface area contributed by atoms with E-state index in [0.717, 1.165) is 0 Å². The van der Waals surface area contributed by atoms with Gasteiger partial charge in [-0.15, -0.1) is 0 Å². The molecular weight excluding hydrogens is 778 g/mol. The quantitative estimate of drug-likeness (QED) is 0.225. The Morgan fingerprint density at radius 2 is 1.53 bits per heavy atom. The topological polar surface area (TPSA) is 161 Å². The number of aromatic nitrogens is 4. The largest absolute Gasteiger partial charge is 0.468 e. The molecule has 2 aromatic heterocycles. The molecule has 308 valence electrons. The van der Waals surface area contributed by atoms with Crippen LogP contribution in [0.2, 0.25) is 5.02 Å². The molecule has 2 saturated heterocycles. The second-order valence-corrected chi connectivity index (χ2v) is 15.6. The summed E-state index contributed by atoms with van der Waals surface area (Å²) < 4.78 is 43.8. The molecule has 4 aromatic rings. The Balaban J connectivity index is 1.04. The number of rotatable bonds is 8. The standard InChI is InChI=1S/C40H45ClF2N8O7/c1-23-29(21-51(46-23)22-32(52)57-6)26-9-10-28(34(43)33(26)42)31-20-44-35(47(31)5)36(53)45-25-7-8-27(30(41)19-25)38(55)49-17-15-48(16-18-49)37(54)24-11-13-50(14-12-24)39(56)58-40(2,3)4/h7-10,19-21,24H,11-18,22H2,1-6H3,(H,45,53). The SMILES string of the molecule is COC(=O)Cn1cc(-c2ccc(-c3cnc(C(=O)Nc4ccc(C(=O)N5CCN(C(=O)C6CCN(C(=O)OC(C)(C)C)CC6)CC5)c(Cl)c4)n3C)c(F)c2F)c(C)n1. The van der Waals surface area contributed by atoms with E-state index in [1.165, 1.54) is 66.1 Å². The number of methoxy groups -OCH3 is 1. The van der Waals surface area contributed by atoms with Crippen LogP contribution < -0.4 is 5.32 Å². The number of piperidine rings is 1. The first-order valence-electron chi connectivity index (χ1n) is 18.7. The molecule has 18 heteroatoms. The lowest BCUT2D eigenvalue weighted by Gasteiger charge is -2.38. The van der Waals surface area contributed by atoms with E-state index in [1.807, 2.05) is 20.8 Å². The van der Waals surface area contributed by atoms with Crippen molar-refractivity contribution in [3.05, 3.63) is 76.5 Å².